The fourth-order valence-electron chi connectivity index (χ4n) is 0.899. The molecule has 1 heterocycles. The Morgan fingerprint density at radius 3 is 2.64 bits per heavy atom. The molecule has 0 saturated carbocycles. The van der Waals surface area contributed by atoms with Crippen LogP contribution < -0.4 is 5.73 Å². The summed E-state index contributed by atoms with van der Waals surface area (Å²) in [7, 11) is 0. The van der Waals surface area contributed by atoms with E-state index in [2.05, 4.69) is 5.10 Å². The van der Waals surface area contributed by atoms with E-state index in [1.54, 1.807) is 0 Å². The van der Waals surface area contributed by atoms with Crippen molar-refractivity contribution in [3.63, 3.8) is 0 Å². The molecule has 1 rings (SSSR count). The van der Waals surface area contributed by atoms with Crippen LogP contribution in [0.2, 0.25) is 0 Å². The van der Waals surface area contributed by atoms with Gasteiger partial charge in [0.15, 0.2) is 0 Å². The number of nitrogen functional groups attached to an aromatic ring is 1. The number of aromatic carboxylic acids is 1. The molecule has 0 bridgehead atoms. The summed E-state index contributed by atoms with van der Waals surface area (Å²) in [6.07, 6.45) is -4.53. The van der Waals surface area contributed by atoms with Crippen LogP contribution in [0.25, 0.3) is 0 Å². The fourth-order valence-corrected chi connectivity index (χ4v) is 0.899. The molecule has 0 unspecified atom stereocenters. The number of carboxylic acid groups (broad SMARTS) is 1. The molecular formula is C6H6F3N3O2. The maximum Gasteiger partial charge on any atom is 0.408 e. The number of halogens is 3. The number of rotatable bonds is 2. The van der Waals surface area contributed by atoms with E-state index in [0.29, 0.717) is 4.68 Å². The number of alkyl halides is 3. The van der Waals surface area contributed by atoms with Crippen molar-refractivity contribution in [1.29, 1.82) is 0 Å². The molecule has 0 aliphatic rings. The molecule has 0 saturated heterocycles. The fraction of sp³-hybridized carbons (Fsp3) is 0.333. The molecule has 0 radical (unpaired) electrons. The van der Waals surface area contributed by atoms with Crippen LogP contribution in [-0.2, 0) is 6.54 Å². The van der Waals surface area contributed by atoms with Crippen molar-refractivity contribution in [2.75, 3.05) is 5.73 Å². The van der Waals surface area contributed by atoms with E-state index in [4.69, 9.17) is 10.8 Å². The minimum absolute atomic E-state index is 0.258. The van der Waals surface area contributed by atoms with E-state index in [1.165, 1.54) is 0 Å². The van der Waals surface area contributed by atoms with Crippen molar-refractivity contribution in [2.45, 2.75) is 12.7 Å². The standard InChI is InChI=1S/C6H6F3N3O2/c7-6(8,9)2-12-3(5(13)14)1-4(10)11-12/h1H,2H2,(H2,10,11)(H,13,14). The average Bonchev–Trinajstić information content (AvgIpc) is 2.27. The molecule has 0 fully saturated rings. The molecule has 78 valence electrons. The number of hydrogen-bond donors (Lipinski definition) is 2. The summed E-state index contributed by atoms with van der Waals surface area (Å²) in [6.45, 7) is -1.47. The van der Waals surface area contributed by atoms with Gasteiger partial charge in [0.25, 0.3) is 0 Å². The van der Waals surface area contributed by atoms with Gasteiger partial charge in [0.05, 0.1) is 0 Å². The molecule has 1 aromatic rings. The van der Waals surface area contributed by atoms with Gasteiger partial charge in [-0.15, -0.1) is 0 Å². The van der Waals surface area contributed by atoms with E-state index >= 15 is 0 Å². The van der Waals surface area contributed by atoms with Crippen molar-refractivity contribution in [2.24, 2.45) is 0 Å². The number of nitrogens with zero attached hydrogens (tertiary/aromatic N) is 2. The predicted molar refractivity (Wildman–Crippen MR) is 39.7 cm³/mol. The predicted octanol–water partition coefficient (Wildman–Crippen LogP) is 0.726. The monoisotopic (exact) mass is 209 g/mol. The molecule has 0 spiro atoms. The zero-order valence-electron chi connectivity index (χ0n) is 6.75. The van der Waals surface area contributed by atoms with E-state index in [0.717, 1.165) is 6.07 Å². The molecule has 0 amide bonds. The largest absolute Gasteiger partial charge is 0.477 e. The van der Waals surface area contributed by atoms with Gasteiger partial charge in [-0.05, 0) is 0 Å². The first-order valence-corrected chi connectivity index (χ1v) is 3.43. The third-order valence-electron chi connectivity index (χ3n) is 1.35. The van der Waals surface area contributed by atoms with Gasteiger partial charge in [-0.2, -0.15) is 18.3 Å². The summed E-state index contributed by atoms with van der Waals surface area (Å²) in [5, 5.41) is 11.7. The first-order valence-electron chi connectivity index (χ1n) is 3.43. The minimum Gasteiger partial charge on any atom is -0.477 e. The maximum absolute atomic E-state index is 11.9. The molecule has 8 heteroatoms. The molecule has 3 N–H and O–H groups in total. The highest BCUT2D eigenvalue weighted by molar-refractivity contribution is 5.86. The Morgan fingerprint density at radius 2 is 2.21 bits per heavy atom. The third-order valence-corrected chi connectivity index (χ3v) is 1.35. The quantitative estimate of drug-likeness (QED) is 0.752. The van der Waals surface area contributed by atoms with Crippen molar-refractivity contribution in [1.82, 2.24) is 9.78 Å². The zero-order chi connectivity index (χ0) is 10.9. The summed E-state index contributed by atoms with van der Waals surface area (Å²) in [6, 6.07) is 0.869. The second-order valence-electron chi connectivity index (χ2n) is 2.53. The van der Waals surface area contributed by atoms with Gasteiger partial charge in [-0.25, -0.2) is 9.48 Å². The zero-order valence-corrected chi connectivity index (χ0v) is 6.75. The average molecular weight is 209 g/mol. The Morgan fingerprint density at radius 1 is 1.64 bits per heavy atom. The van der Waals surface area contributed by atoms with Crippen molar-refractivity contribution < 1.29 is 23.1 Å². The molecule has 0 aliphatic carbocycles. The van der Waals surface area contributed by atoms with E-state index in [9.17, 15) is 18.0 Å². The van der Waals surface area contributed by atoms with E-state index in [-0.39, 0.29) is 5.82 Å². The lowest BCUT2D eigenvalue weighted by Gasteiger charge is -2.07. The summed E-state index contributed by atoms with van der Waals surface area (Å²) in [5.41, 5.74) is 4.49. The molecule has 14 heavy (non-hydrogen) atoms. The lowest BCUT2D eigenvalue weighted by atomic mass is 10.4. The van der Waals surface area contributed by atoms with Gasteiger partial charge < -0.3 is 10.8 Å². The van der Waals surface area contributed by atoms with Gasteiger partial charge in [0, 0.05) is 6.07 Å². The molecular weight excluding hydrogens is 203 g/mol. The number of anilines is 1. The summed E-state index contributed by atoms with van der Waals surface area (Å²) < 4.78 is 36.0. The molecule has 1 aromatic heterocycles. The Kier molecular flexibility index (Phi) is 2.37. The Labute approximate surface area is 75.9 Å². The van der Waals surface area contributed by atoms with Gasteiger partial charge in [0.1, 0.15) is 18.1 Å². The van der Waals surface area contributed by atoms with Crippen LogP contribution in [-0.4, -0.2) is 27.0 Å². The van der Waals surface area contributed by atoms with Crippen LogP contribution in [0.4, 0.5) is 19.0 Å². The van der Waals surface area contributed by atoms with Gasteiger partial charge in [-0.3, -0.25) is 0 Å². The maximum atomic E-state index is 11.9. The first kappa shape index (κ1) is 10.4. The topological polar surface area (TPSA) is 81.1 Å². The Bertz CT molecular complexity index is 358. The summed E-state index contributed by atoms with van der Waals surface area (Å²) in [4.78, 5) is 10.4. The van der Waals surface area contributed by atoms with Gasteiger partial charge >= 0.3 is 12.1 Å². The highest BCUT2D eigenvalue weighted by Crippen LogP contribution is 2.19. The second kappa shape index (κ2) is 3.20. The van der Waals surface area contributed by atoms with Crippen LogP contribution in [0.15, 0.2) is 6.07 Å². The van der Waals surface area contributed by atoms with Crippen LogP contribution in [0.1, 0.15) is 10.5 Å². The highest BCUT2D eigenvalue weighted by atomic mass is 19.4. The first-order chi connectivity index (χ1) is 6.29. The number of nitrogens with two attached hydrogens (primary N) is 1. The van der Waals surface area contributed by atoms with Crippen molar-refractivity contribution in [3.8, 4) is 0 Å². The van der Waals surface area contributed by atoms with Crippen molar-refractivity contribution >= 4 is 11.8 Å². The molecule has 0 atom stereocenters. The van der Waals surface area contributed by atoms with Crippen LogP contribution in [0.3, 0.4) is 0 Å². The third kappa shape index (κ3) is 2.38. The van der Waals surface area contributed by atoms with Crippen LogP contribution >= 0.6 is 0 Å². The minimum atomic E-state index is -4.53. The summed E-state index contributed by atoms with van der Waals surface area (Å²) >= 11 is 0. The molecule has 5 nitrogen and oxygen atoms in total. The smallest absolute Gasteiger partial charge is 0.408 e. The number of carboxylic acids is 1. The Balaban J connectivity index is 3.02. The van der Waals surface area contributed by atoms with Crippen LogP contribution in [0.5, 0.6) is 0 Å². The molecule has 0 aromatic carbocycles. The van der Waals surface area contributed by atoms with E-state index < -0.39 is 24.4 Å². The Hall–Kier alpha value is -1.73. The molecule has 0 aliphatic heterocycles. The number of carbonyl (C=O) groups is 1. The SMILES string of the molecule is Nc1cc(C(=O)O)n(CC(F)(F)F)n1. The number of aromatic nitrogens is 2. The van der Waals surface area contributed by atoms with Gasteiger partial charge in [0.2, 0.25) is 0 Å². The normalized spacial score (nSPS) is 11.6. The van der Waals surface area contributed by atoms with Crippen LogP contribution in [0, 0.1) is 0 Å². The second-order valence-corrected chi connectivity index (χ2v) is 2.53. The van der Waals surface area contributed by atoms with Gasteiger partial charge in [-0.1, -0.05) is 0 Å². The van der Waals surface area contributed by atoms with Crippen molar-refractivity contribution in [3.05, 3.63) is 11.8 Å². The lowest BCUT2D eigenvalue weighted by molar-refractivity contribution is -0.142. The summed E-state index contributed by atoms with van der Waals surface area (Å²) in [5.74, 6) is -1.76. The van der Waals surface area contributed by atoms with E-state index in [1.807, 2.05) is 0 Å². The lowest BCUT2D eigenvalue weighted by Crippen LogP contribution is -2.22. The highest BCUT2D eigenvalue weighted by Gasteiger charge is 2.30. The number of hydrogen-bond acceptors (Lipinski definition) is 3.